The predicted octanol–water partition coefficient (Wildman–Crippen LogP) is 2.50. The monoisotopic (exact) mass is 381 g/mol. The van der Waals surface area contributed by atoms with Crippen LogP contribution in [0, 0.1) is 0 Å². The summed E-state index contributed by atoms with van der Waals surface area (Å²) in [5.41, 5.74) is 0. The van der Waals surface area contributed by atoms with Gasteiger partial charge in [0.2, 0.25) is 10.0 Å². The minimum atomic E-state index is -4.82. The second kappa shape index (κ2) is 7.10. The summed E-state index contributed by atoms with van der Waals surface area (Å²) >= 11 is 0. The number of ether oxygens (including phenoxy) is 3. The first-order chi connectivity index (χ1) is 11.8. The Labute approximate surface area is 143 Å². The lowest BCUT2D eigenvalue weighted by atomic mass is 10.0. The Morgan fingerprint density at radius 1 is 1.08 bits per heavy atom. The number of piperidine rings is 1. The van der Waals surface area contributed by atoms with Crippen LogP contribution in [0.15, 0.2) is 29.2 Å². The zero-order valence-electron chi connectivity index (χ0n) is 13.2. The molecule has 0 saturated carbocycles. The molecule has 0 aliphatic carbocycles. The quantitative estimate of drug-likeness (QED) is 0.802. The van der Waals surface area contributed by atoms with Gasteiger partial charge in [0.05, 0.1) is 24.2 Å². The van der Waals surface area contributed by atoms with Crippen LogP contribution in [0.1, 0.15) is 19.3 Å². The van der Waals surface area contributed by atoms with E-state index < -0.39 is 34.5 Å². The van der Waals surface area contributed by atoms with Crippen LogP contribution in [-0.2, 0) is 19.5 Å². The molecule has 0 radical (unpaired) electrons. The van der Waals surface area contributed by atoms with Gasteiger partial charge < -0.3 is 14.2 Å². The molecule has 2 heterocycles. The molecule has 0 N–H and O–H groups in total. The average molecular weight is 381 g/mol. The van der Waals surface area contributed by atoms with E-state index in [2.05, 4.69) is 4.74 Å². The maximum Gasteiger partial charge on any atom is 0.573 e. The molecule has 1 atom stereocenters. The summed E-state index contributed by atoms with van der Waals surface area (Å²) in [5.74, 6) is -0.468. The maximum absolute atomic E-state index is 12.9. The first-order valence-corrected chi connectivity index (χ1v) is 9.32. The lowest BCUT2D eigenvalue weighted by Crippen LogP contribution is -2.50. The van der Waals surface area contributed by atoms with Crippen molar-refractivity contribution in [1.29, 1.82) is 0 Å². The van der Waals surface area contributed by atoms with Gasteiger partial charge in [0.25, 0.3) is 0 Å². The summed E-state index contributed by atoms with van der Waals surface area (Å²) in [5, 5.41) is 0. The smallest absolute Gasteiger partial charge is 0.406 e. The van der Waals surface area contributed by atoms with Gasteiger partial charge in [0.1, 0.15) is 5.75 Å². The van der Waals surface area contributed by atoms with E-state index in [0.29, 0.717) is 32.6 Å². The standard InChI is InChI=1S/C15H18F3NO5S/c16-15(17,18)24-11-4-6-12(7-5-11)25(20,21)19-8-2-1-3-13(19)14-22-9-10-23-14/h4-7,13-14H,1-3,8-10H2/t13-/m1/s1. The molecular weight excluding hydrogens is 363 g/mol. The van der Waals surface area contributed by atoms with E-state index >= 15 is 0 Å². The SMILES string of the molecule is O=S(=O)(c1ccc(OC(F)(F)F)cc1)N1CCCC[C@@H]1C1OCCO1. The van der Waals surface area contributed by atoms with E-state index in [4.69, 9.17) is 9.47 Å². The summed E-state index contributed by atoms with van der Waals surface area (Å²) in [7, 11) is -3.87. The number of hydrogen-bond donors (Lipinski definition) is 0. The van der Waals surface area contributed by atoms with Gasteiger partial charge in [-0.1, -0.05) is 6.42 Å². The summed E-state index contributed by atoms with van der Waals surface area (Å²) in [6.45, 7) is 1.15. The van der Waals surface area contributed by atoms with E-state index in [9.17, 15) is 21.6 Å². The lowest BCUT2D eigenvalue weighted by Gasteiger charge is -2.36. The second-order valence-electron chi connectivity index (χ2n) is 5.81. The van der Waals surface area contributed by atoms with Crippen LogP contribution in [-0.4, -0.2) is 51.2 Å². The van der Waals surface area contributed by atoms with Crippen LogP contribution in [0.25, 0.3) is 0 Å². The summed E-state index contributed by atoms with van der Waals surface area (Å²) < 4.78 is 78.5. The maximum atomic E-state index is 12.9. The molecule has 0 amide bonds. The topological polar surface area (TPSA) is 65.1 Å². The van der Waals surface area contributed by atoms with E-state index in [0.717, 1.165) is 30.7 Å². The highest BCUT2D eigenvalue weighted by Crippen LogP contribution is 2.31. The Bertz CT molecular complexity index is 686. The molecule has 1 aromatic rings. The Morgan fingerprint density at radius 3 is 2.32 bits per heavy atom. The van der Waals surface area contributed by atoms with E-state index in [1.54, 1.807) is 0 Å². The molecule has 2 aliphatic rings. The molecule has 1 aromatic carbocycles. The van der Waals surface area contributed by atoms with Gasteiger partial charge in [-0.25, -0.2) is 8.42 Å². The molecule has 0 unspecified atom stereocenters. The fourth-order valence-corrected chi connectivity index (χ4v) is 4.73. The molecule has 0 aromatic heterocycles. The van der Waals surface area contributed by atoms with Gasteiger partial charge in [-0.2, -0.15) is 4.31 Å². The Hall–Kier alpha value is -1.36. The number of benzene rings is 1. The van der Waals surface area contributed by atoms with E-state index in [1.807, 2.05) is 0 Å². The molecule has 0 spiro atoms. The number of hydrogen-bond acceptors (Lipinski definition) is 5. The van der Waals surface area contributed by atoms with Crippen LogP contribution < -0.4 is 4.74 Å². The highest BCUT2D eigenvalue weighted by Gasteiger charge is 2.40. The first-order valence-electron chi connectivity index (χ1n) is 7.88. The fraction of sp³-hybridized carbons (Fsp3) is 0.600. The molecule has 2 saturated heterocycles. The van der Waals surface area contributed by atoms with Crippen LogP contribution in [0.4, 0.5) is 13.2 Å². The van der Waals surface area contributed by atoms with Gasteiger partial charge >= 0.3 is 6.36 Å². The highest BCUT2D eigenvalue weighted by molar-refractivity contribution is 7.89. The third kappa shape index (κ3) is 4.25. The largest absolute Gasteiger partial charge is 0.573 e. The minimum absolute atomic E-state index is 0.0908. The first kappa shape index (κ1) is 18.4. The summed E-state index contributed by atoms with van der Waals surface area (Å²) in [6, 6.07) is 3.76. The van der Waals surface area contributed by atoms with Crippen LogP contribution in [0.5, 0.6) is 5.75 Å². The number of rotatable bonds is 4. The van der Waals surface area contributed by atoms with Crippen molar-refractivity contribution in [2.24, 2.45) is 0 Å². The van der Waals surface area contributed by atoms with E-state index in [1.165, 1.54) is 4.31 Å². The van der Waals surface area contributed by atoms with Crippen molar-refractivity contribution in [3.8, 4) is 5.75 Å². The molecule has 10 heteroatoms. The van der Waals surface area contributed by atoms with Crippen molar-refractivity contribution in [2.45, 2.75) is 42.9 Å². The second-order valence-corrected chi connectivity index (χ2v) is 7.70. The number of halogens is 3. The number of alkyl halides is 3. The van der Waals surface area contributed by atoms with Gasteiger partial charge in [0, 0.05) is 6.54 Å². The van der Waals surface area contributed by atoms with Crippen molar-refractivity contribution < 1.29 is 35.8 Å². The highest BCUT2D eigenvalue weighted by atomic mass is 32.2. The van der Waals surface area contributed by atoms with Crippen molar-refractivity contribution in [3.63, 3.8) is 0 Å². The van der Waals surface area contributed by atoms with Crippen molar-refractivity contribution in [3.05, 3.63) is 24.3 Å². The lowest BCUT2D eigenvalue weighted by molar-refractivity contribution is -0.274. The molecule has 140 valence electrons. The molecule has 0 bridgehead atoms. The zero-order chi connectivity index (χ0) is 18.1. The van der Waals surface area contributed by atoms with Crippen LogP contribution in [0.2, 0.25) is 0 Å². The number of nitrogens with zero attached hydrogens (tertiary/aromatic N) is 1. The van der Waals surface area contributed by atoms with Crippen LogP contribution >= 0.6 is 0 Å². The Balaban J connectivity index is 1.81. The zero-order valence-corrected chi connectivity index (χ0v) is 14.1. The molecular formula is C15H18F3NO5S. The van der Waals surface area contributed by atoms with Crippen molar-refractivity contribution >= 4 is 10.0 Å². The van der Waals surface area contributed by atoms with Crippen molar-refractivity contribution in [2.75, 3.05) is 19.8 Å². The minimum Gasteiger partial charge on any atom is -0.406 e. The van der Waals surface area contributed by atoms with Crippen LogP contribution in [0.3, 0.4) is 0 Å². The van der Waals surface area contributed by atoms with E-state index in [-0.39, 0.29) is 4.90 Å². The van der Waals surface area contributed by atoms with Gasteiger partial charge in [-0.3, -0.25) is 0 Å². The van der Waals surface area contributed by atoms with Gasteiger partial charge in [-0.05, 0) is 37.1 Å². The summed E-state index contributed by atoms with van der Waals surface area (Å²) in [6.07, 6.45) is -3.26. The Kier molecular flexibility index (Phi) is 5.24. The molecule has 2 aliphatic heterocycles. The van der Waals surface area contributed by atoms with Gasteiger partial charge in [-0.15, -0.1) is 13.2 Å². The third-order valence-corrected chi connectivity index (χ3v) is 6.06. The third-order valence-electron chi connectivity index (χ3n) is 4.12. The molecule has 25 heavy (non-hydrogen) atoms. The summed E-state index contributed by atoms with van der Waals surface area (Å²) in [4.78, 5) is -0.0908. The average Bonchev–Trinajstić information content (AvgIpc) is 3.08. The predicted molar refractivity (Wildman–Crippen MR) is 80.3 cm³/mol. The molecule has 3 rings (SSSR count). The fourth-order valence-electron chi connectivity index (χ4n) is 3.05. The number of sulfonamides is 1. The Morgan fingerprint density at radius 2 is 1.72 bits per heavy atom. The van der Waals surface area contributed by atoms with Crippen molar-refractivity contribution in [1.82, 2.24) is 4.31 Å². The normalized spacial score (nSPS) is 23.7. The molecule has 6 nitrogen and oxygen atoms in total. The molecule has 2 fully saturated rings. The van der Waals surface area contributed by atoms with Gasteiger partial charge in [0.15, 0.2) is 6.29 Å².